The van der Waals surface area contributed by atoms with Crippen molar-refractivity contribution < 1.29 is 37.3 Å². The van der Waals surface area contributed by atoms with Crippen LogP contribution in [0.2, 0.25) is 0 Å². The Kier molecular flexibility index (Phi) is 12.9. The van der Waals surface area contributed by atoms with E-state index >= 15 is 0 Å². The number of imide groups is 1. The molecule has 51 heavy (non-hydrogen) atoms. The molecule has 0 bridgehead atoms. The Morgan fingerprint density at radius 2 is 1.76 bits per heavy atom. The second kappa shape index (κ2) is 17.3. The van der Waals surface area contributed by atoms with Gasteiger partial charge in [-0.2, -0.15) is 0 Å². The number of carbonyl (C=O) groups is 2. The summed E-state index contributed by atoms with van der Waals surface area (Å²) >= 11 is 0. The molecule has 2 heterocycles. The number of sulfonamides is 1. The van der Waals surface area contributed by atoms with Crippen LogP contribution in [0.4, 0.5) is 10.5 Å². The number of urea groups is 1. The molecule has 272 valence electrons. The first kappa shape index (κ1) is 38.0. The number of hydrogen-bond donors (Lipinski definition) is 1. The summed E-state index contributed by atoms with van der Waals surface area (Å²) in [4.78, 5) is 28.1. The van der Waals surface area contributed by atoms with Gasteiger partial charge in [-0.3, -0.25) is 9.69 Å². The number of aliphatic hydroxyl groups is 1. The van der Waals surface area contributed by atoms with E-state index in [1.54, 1.807) is 24.3 Å². The van der Waals surface area contributed by atoms with Crippen molar-refractivity contribution in [1.82, 2.24) is 9.21 Å². The molecular weight excluding hydrogens is 671 g/mol. The highest BCUT2D eigenvalue weighted by molar-refractivity contribution is 7.89. The quantitative estimate of drug-likeness (QED) is 0.114. The molecule has 0 saturated carbocycles. The van der Waals surface area contributed by atoms with Gasteiger partial charge in [-0.15, -0.1) is 0 Å². The van der Waals surface area contributed by atoms with Crippen LogP contribution in [-0.2, 0) is 37.4 Å². The van der Waals surface area contributed by atoms with E-state index in [0.717, 1.165) is 66.8 Å². The van der Waals surface area contributed by atoms with Crippen molar-refractivity contribution in [1.29, 1.82) is 0 Å². The zero-order valence-electron chi connectivity index (χ0n) is 29.5. The predicted molar refractivity (Wildman–Crippen MR) is 194 cm³/mol. The first-order chi connectivity index (χ1) is 24.4. The SMILES string of the molecule is CC1(C)OCc2cc([C@H](O)CN(CCCCCCOCCC#Cc3cccc(N4C(=O)CN(S(C)(=O)=O)C4=O)c3)Cc3ccccc3)ccc2O1. The molecule has 3 aromatic carbocycles. The smallest absolute Gasteiger partial charge is 0.345 e. The monoisotopic (exact) mass is 717 g/mol. The van der Waals surface area contributed by atoms with Gasteiger partial charge in [0.25, 0.3) is 5.91 Å². The van der Waals surface area contributed by atoms with Gasteiger partial charge >= 0.3 is 6.03 Å². The van der Waals surface area contributed by atoms with E-state index in [2.05, 4.69) is 28.9 Å². The molecule has 3 amide bonds. The largest absolute Gasteiger partial charge is 0.463 e. The first-order valence-electron chi connectivity index (χ1n) is 17.3. The number of nitrogens with zero attached hydrogens (tertiary/aromatic N) is 3. The number of benzene rings is 3. The second-order valence-electron chi connectivity index (χ2n) is 13.3. The van der Waals surface area contributed by atoms with Gasteiger partial charge in [-0.1, -0.05) is 67.1 Å². The molecule has 0 unspecified atom stereocenters. The van der Waals surface area contributed by atoms with Crippen molar-refractivity contribution in [3.63, 3.8) is 0 Å². The molecule has 1 N–H and O–H groups in total. The molecule has 0 spiro atoms. The van der Waals surface area contributed by atoms with Gasteiger partial charge in [0.2, 0.25) is 15.8 Å². The standard InChI is InChI=1S/C39H47N3O8S/c1-39(2)49-29-33-25-32(19-20-36(33)50-39)35(43)27-40(26-31-15-7-6-8-16-31)21-10-4-5-11-22-48-23-12-9-14-30-17-13-18-34(24-30)42-37(44)28-41(38(42)45)51(3,46)47/h6-8,13,15-20,24-25,35,43H,4-5,10-12,21-23,26-29H2,1-3H3/t35-/m1/s1. The summed E-state index contributed by atoms with van der Waals surface area (Å²) in [5.41, 5.74) is 3.90. The zero-order valence-corrected chi connectivity index (χ0v) is 30.4. The van der Waals surface area contributed by atoms with Gasteiger partial charge in [-0.05, 0) is 60.8 Å². The Morgan fingerprint density at radius 3 is 2.53 bits per heavy atom. The molecule has 1 saturated heterocycles. The highest BCUT2D eigenvalue weighted by atomic mass is 32.2. The van der Waals surface area contributed by atoms with Gasteiger partial charge in [0.15, 0.2) is 0 Å². The summed E-state index contributed by atoms with van der Waals surface area (Å²) in [7, 11) is -3.84. The lowest BCUT2D eigenvalue weighted by atomic mass is 10.0. The maximum absolute atomic E-state index is 12.5. The molecule has 2 aliphatic rings. The fourth-order valence-electron chi connectivity index (χ4n) is 5.99. The van der Waals surface area contributed by atoms with Crippen LogP contribution in [0, 0.1) is 11.8 Å². The highest BCUT2D eigenvalue weighted by Crippen LogP contribution is 2.33. The maximum atomic E-state index is 12.5. The fraction of sp³-hybridized carbons (Fsp3) is 0.436. The minimum atomic E-state index is -3.84. The third-order valence-corrected chi connectivity index (χ3v) is 9.72. The van der Waals surface area contributed by atoms with Crippen molar-refractivity contribution in [2.45, 2.75) is 71.0 Å². The number of rotatable bonds is 16. The van der Waals surface area contributed by atoms with E-state index in [0.29, 0.717) is 42.7 Å². The van der Waals surface area contributed by atoms with Crippen LogP contribution < -0.4 is 9.64 Å². The highest BCUT2D eigenvalue weighted by Gasteiger charge is 2.42. The Morgan fingerprint density at radius 1 is 0.980 bits per heavy atom. The lowest BCUT2D eigenvalue weighted by molar-refractivity contribution is -0.180. The molecule has 12 heteroatoms. The van der Waals surface area contributed by atoms with Crippen LogP contribution in [0.1, 0.15) is 74.3 Å². The van der Waals surface area contributed by atoms with Crippen LogP contribution in [0.3, 0.4) is 0 Å². The van der Waals surface area contributed by atoms with E-state index in [9.17, 15) is 23.1 Å². The summed E-state index contributed by atoms with van der Waals surface area (Å²) in [6, 6.07) is 21.9. The van der Waals surface area contributed by atoms with E-state index in [-0.39, 0.29) is 5.69 Å². The van der Waals surface area contributed by atoms with Gasteiger partial charge in [0.1, 0.15) is 12.3 Å². The number of fused-ring (bicyclic) bond motifs is 1. The number of unbranched alkanes of at least 4 members (excludes halogenated alkanes) is 3. The summed E-state index contributed by atoms with van der Waals surface area (Å²) < 4.78 is 41.7. The van der Waals surface area contributed by atoms with E-state index in [4.69, 9.17) is 14.2 Å². The minimum absolute atomic E-state index is 0.281. The average Bonchev–Trinajstić information content (AvgIpc) is 3.40. The van der Waals surface area contributed by atoms with Gasteiger partial charge in [0.05, 0.1) is 31.3 Å². The van der Waals surface area contributed by atoms with Crippen LogP contribution in [0.5, 0.6) is 5.75 Å². The summed E-state index contributed by atoms with van der Waals surface area (Å²) in [6.07, 6.45) is 4.81. The molecule has 0 radical (unpaired) electrons. The van der Waals surface area contributed by atoms with Crippen molar-refractivity contribution in [2.75, 3.05) is 44.0 Å². The topological polar surface area (TPSA) is 126 Å². The van der Waals surface area contributed by atoms with Crippen LogP contribution in [-0.4, -0.2) is 79.6 Å². The van der Waals surface area contributed by atoms with Crippen molar-refractivity contribution >= 4 is 27.6 Å². The lowest BCUT2D eigenvalue weighted by Crippen LogP contribution is -2.36. The Labute approximate surface area is 301 Å². The molecule has 1 fully saturated rings. The molecule has 11 nitrogen and oxygen atoms in total. The van der Waals surface area contributed by atoms with Gasteiger partial charge in [0, 0.05) is 51.1 Å². The molecule has 1 atom stereocenters. The van der Waals surface area contributed by atoms with Crippen molar-refractivity contribution in [3.05, 3.63) is 95.1 Å². The van der Waals surface area contributed by atoms with Gasteiger partial charge in [-0.25, -0.2) is 22.4 Å². The summed E-state index contributed by atoms with van der Waals surface area (Å²) in [6.45, 7) is 7.00. The Bertz CT molecular complexity index is 1840. The number of amides is 3. The van der Waals surface area contributed by atoms with Crippen LogP contribution in [0.15, 0.2) is 72.8 Å². The van der Waals surface area contributed by atoms with E-state index < -0.39 is 40.4 Å². The van der Waals surface area contributed by atoms with Gasteiger partial charge < -0.3 is 19.3 Å². The average molecular weight is 718 g/mol. The second-order valence-corrected chi connectivity index (χ2v) is 15.2. The maximum Gasteiger partial charge on any atom is 0.345 e. The first-order valence-corrected chi connectivity index (χ1v) is 19.2. The number of anilines is 1. The van der Waals surface area contributed by atoms with Crippen LogP contribution >= 0.6 is 0 Å². The third kappa shape index (κ3) is 10.9. The summed E-state index contributed by atoms with van der Waals surface area (Å²) in [5, 5.41) is 11.2. The Hall–Kier alpha value is -4.25. The number of aliphatic hydroxyl groups excluding tert-OH is 1. The third-order valence-electron chi connectivity index (χ3n) is 8.64. The Balaban J connectivity index is 1.01. The van der Waals surface area contributed by atoms with Crippen molar-refractivity contribution in [3.8, 4) is 17.6 Å². The molecule has 0 aromatic heterocycles. The normalized spacial score (nSPS) is 16.1. The van der Waals surface area contributed by atoms with E-state index in [1.165, 1.54) is 5.56 Å². The summed E-state index contributed by atoms with van der Waals surface area (Å²) in [5.74, 6) is 5.61. The predicted octanol–water partition coefficient (Wildman–Crippen LogP) is 5.61. The zero-order chi connectivity index (χ0) is 36.4. The molecule has 0 aliphatic carbocycles. The number of hydrogen-bond acceptors (Lipinski definition) is 9. The lowest BCUT2D eigenvalue weighted by Gasteiger charge is -2.33. The van der Waals surface area contributed by atoms with Crippen LogP contribution in [0.25, 0.3) is 0 Å². The fourth-order valence-corrected chi connectivity index (χ4v) is 6.70. The molecular formula is C39H47N3O8S. The number of ether oxygens (including phenoxy) is 3. The number of carbonyl (C=O) groups excluding carboxylic acids is 2. The molecule has 3 aromatic rings. The van der Waals surface area contributed by atoms with Crippen molar-refractivity contribution in [2.24, 2.45) is 0 Å². The molecule has 5 rings (SSSR count). The van der Waals surface area contributed by atoms with E-state index in [1.807, 2.05) is 50.2 Å². The minimum Gasteiger partial charge on any atom is -0.463 e. The molecule has 2 aliphatic heterocycles.